The van der Waals surface area contributed by atoms with Gasteiger partial charge in [0.15, 0.2) is 16.9 Å². The van der Waals surface area contributed by atoms with E-state index in [0.29, 0.717) is 28.3 Å². The summed E-state index contributed by atoms with van der Waals surface area (Å²) in [5.74, 6) is 0.933. The van der Waals surface area contributed by atoms with Gasteiger partial charge >= 0.3 is 6.09 Å². The maximum absolute atomic E-state index is 12.2. The summed E-state index contributed by atoms with van der Waals surface area (Å²) in [6, 6.07) is 5.68. The number of nitrogens with one attached hydrogen (secondary N) is 2. The maximum Gasteiger partial charge on any atom is 0.413 e. The Kier molecular flexibility index (Phi) is 4.78. The summed E-state index contributed by atoms with van der Waals surface area (Å²) in [4.78, 5) is 24.1. The number of carbonyl (C=O) groups excluding carboxylic acids is 1. The Morgan fingerprint density at radius 2 is 2.17 bits per heavy atom. The van der Waals surface area contributed by atoms with Gasteiger partial charge in [0.1, 0.15) is 17.1 Å². The van der Waals surface area contributed by atoms with Crippen LogP contribution in [0.25, 0.3) is 33.5 Å². The number of hydrogen-bond acceptors (Lipinski definition) is 7. The van der Waals surface area contributed by atoms with E-state index in [1.165, 1.54) is 6.20 Å². The van der Waals surface area contributed by atoms with Crippen LogP contribution in [0, 0.1) is 0 Å². The number of benzene rings is 1. The van der Waals surface area contributed by atoms with E-state index in [1.807, 2.05) is 25.2 Å². The lowest BCUT2D eigenvalue weighted by atomic mass is 10.1. The second kappa shape index (κ2) is 7.30. The van der Waals surface area contributed by atoms with Crippen molar-refractivity contribution < 1.29 is 19.4 Å². The third-order valence-electron chi connectivity index (χ3n) is 4.68. The molecule has 3 aromatic heterocycles. The first-order valence-electron chi connectivity index (χ1n) is 9.27. The van der Waals surface area contributed by atoms with Crippen LogP contribution in [0.2, 0.25) is 0 Å². The standard InChI is InChI=1S/C20H22N6O4/c1-20(2,10-27)24-19(28)30-15-9-22-18-17(15)23-13(8-21-18)16-12-7-11(29-4)5-6-14(12)26(3)25-16/h5-9,27H,10H2,1-4H3,(H,21,22)(H,24,28). The molecule has 10 nitrogen and oxygen atoms in total. The smallest absolute Gasteiger partial charge is 0.413 e. The Balaban J connectivity index is 1.73. The fourth-order valence-corrected chi connectivity index (χ4v) is 3.06. The first-order valence-corrected chi connectivity index (χ1v) is 9.27. The maximum atomic E-state index is 12.2. The lowest BCUT2D eigenvalue weighted by Gasteiger charge is -2.22. The van der Waals surface area contributed by atoms with Crippen LogP contribution in [0.1, 0.15) is 13.8 Å². The van der Waals surface area contributed by atoms with Gasteiger partial charge in [-0.3, -0.25) is 4.68 Å². The zero-order valence-electron chi connectivity index (χ0n) is 17.1. The number of nitrogens with zero attached hydrogens (tertiary/aromatic N) is 4. The van der Waals surface area contributed by atoms with Crippen molar-refractivity contribution in [2.75, 3.05) is 13.7 Å². The Hall–Kier alpha value is -3.66. The van der Waals surface area contributed by atoms with Crippen LogP contribution in [0.5, 0.6) is 11.5 Å². The van der Waals surface area contributed by atoms with Crippen molar-refractivity contribution in [1.82, 2.24) is 30.0 Å². The number of H-pyrrole nitrogens is 1. The van der Waals surface area contributed by atoms with Crippen LogP contribution < -0.4 is 14.8 Å². The summed E-state index contributed by atoms with van der Waals surface area (Å²) in [6.45, 7) is 3.14. The van der Waals surface area contributed by atoms with Crippen LogP contribution in [-0.2, 0) is 7.05 Å². The van der Waals surface area contributed by atoms with Gasteiger partial charge in [-0.25, -0.2) is 14.8 Å². The lowest BCUT2D eigenvalue weighted by Crippen LogP contribution is -2.47. The van der Waals surface area contributed by atoms with E-state index < -0.39 is 11.6 Å². The molecule has 10 heteroatoms. The van der Waals surface area contributed by atoms with Crippen molar-refractivity contribution in [2.24, 2.45) is 7.05 Å². The van der Waals surface area contributed by atoms with E-state index in [-0.39, 0.29) is 12.4 Å². The van der Waals surface area contributed by atoms with Gasteiger partial charge in [-0.15, -0.1) is 0 Å². The summed E-state index contributed by atoms with van der Waals surface area (Å²) < 4.78 is 12.5. The Morgan fingerprint density at radius 3 is 2.90 bits per heavy atom. The second-order valence-corrected chi connectivity index (χ2v) is 7.52. The summed E-state index contributed by atoms with van der Waals surface area (Å²) in [7, 11) is 3.46. The molecule has 0 bridgehead atoms. The normalized spacial score (nSPS) is 11.8. The van der Waals surface area contributed by atoms with Crippen molar-refractivity contribution in [3.63, 3.8) is 0 Å². The number of amides is 1. The van der Waals surface area contributed by atoms with Gasteiger partial charge in [-0.05, 0) is 32.0 Å². The molecule has 0 radical (unpaired) electrons. The highest BCUT2D eigenvalue weighted by Gasteiger charge is 2.22. The number of aliphatic hydroxyl groups is 1. The monoisotopic (exact) mass is 410 g/mol. The average molecular weight is 410 g/mol. The second-order valence-electron chi connectivity index (χ2n) is 7.52. The van der Waals surface area contributed by atoms with Crippen molar-refractivity contribution in [3.05, 3.63) is 30.6 Å². The number of hydrogen-bond donors (Lipinski definition) is 3. The van der Waals surface area contributed by atoms with Gasteiger partial charge in [-0.2, -0.15) is 5.10 Å². The highest BCUT2D eigenvalue weighted by Crippen LogP contribution is 2.31. The first kappa shape index (κ1) is 19.6. The Morgan fingerprint density at radius 1 is 1.37 bits per heavy atom. The van der Waals surface area contributed by atoms with Crippen molar-refractivity contribution in [1.29, 1.82) is 0 Å². The third kappa shape index (κ3) is 3.52. The third-order valence-corrected chi connectivity index (χ3v) is 4.68. The number of ether oxygens (including phenoxy) is 2. The molecule has 0 atom stereocenters. The largest absolute Gasteiger partial charge is 0.497 e. The molecule has 0 aliphatic carbocycles. The highest BCUT2D eigenvalue weighted by molar-refractivity contribution is 5.94. The van der Waals surface area contributed by atoms with E-state index in [1.54, 1.807) is 31.8 Å². The predicted molar refractivity (Wildman–Crippen MR) is 110 cm³/mol. The molecule has 0 aliphatic heterocycles. The topological polar surface area (TPSA) is 127 Å². The number of aromatic amines is 1. The molecule has 30 heavy (non-hydrogen) atoms. The van der Waals surface area contributed by atoms with Crippen molar-refractivity contribution in [2.45, 2.75) is 19.4 Å². The number of aliphatic hydroxyl groups excluding tert-OH is 1. The molecule has 0 saturated heterocycles. The van der Waals surface area contributed by atoms with Crippen molar-refractivity contribution in [3.8, 4) is 22.9 Å². The van der Waals surface area contributed by atoms with Gasteiger partial charge < -0.3 is 24.9 Å². The number of aromatic nitrogens is 5. The summed E-state index contributed by atoms with van der Waals surface area (Å²) in [5, 5.41) is 17.3. The SMILES string of the molecule is COc1ccc2c(c1)c(-c1cnc3[nH]cc(OC(=O)NC(C)(C)CO)c3n1)nn2C. The van der Waals surface area contributed by atoms with Crippen molar-refractivity contribution >= 4 is 28.2 Å². The predicted octanol–water partition coefficient (Wildman–Crippen LogP) is 2.38. The molecule has 1 aromatic carbocycles. The van der Waals surface area contributed by atoms with Crippen LogP contribution in [0.4, 0.5) is 4.79 Å². The minimum atomic E-state index is -0.814. The van der Waals surface area contributed by atoms with Gasteiger partial charge in [0.2, 0.25) is 0 Å². The Labute approximate surface area is 171 Å². The number of fused-ring (bicyclic) bond motifs is 2. The molecular weight excluding hydrogens is 388 g/mol. The fraction of sp³-hybridized carbons (Fsp3) is 0.300. The summed E-state index contributed by atoms with van der Waals surface area (Å²) in [5.41, 5.74) is 2.14. The van der Waals surface area contributed by atoms with Gasteiger partial charge in [-0.1, -0.05) is 0 Å². The summed E-state index contributed by atoms with van der Waals surface area (Å²) in [6.07, 6.45) is 2.42. The molecular formula is C20H22N6O4. The zero-order chi connectivity index (χ0) is 21.5. The highest BCUT2D eigenvalue weighted by atomic mass is 16.6. The van der Waals surface area contributed by atoms with Crippen LogP contribution in [0.3, 0.4) is 0 Å². The molecule has 0 saturated carbocycles. The molecule has 3 heterocycles. The molecule has 3 N–H and O–H groups in total. The molecule has 1 amide bonds. The minimum absolute atomic E-state index is 0.225. The quantitative estimate of drug-likeness (QED) is 0.461. The van der Waals surface area contributed by atoms with Gasteiger partial charge in [0.05, 0.1) is 31.0 Å². The van der Waals surface area contributed by atoms with E-state index in [0.717, 1.165) is 10.9 Å². The number of methoxy groups -OCH3 is 1. The first-order chi connectivity index (χ1) is 14.3. The van der Waals surface area contributed by atoms with E-state index >= 15 is 0 Å². The Bertz CT molecular complexity index is 1240. The molecule has 4 aromatic rings. The van der Waals surface area contributed by atoms with E-state index in [2.05, 4.69) is 25.4 Å². The number of rotatable bonds is 5. The van der Waals surface area contributed by atoms with Crippen LogP contribution >= 0.6 is 0 Å². The fourth-order valence-electron chi connectivity index (χ4n) is 3.06. The van der Waals surface area contributed by atoms with Crippen LogP contribution in [-0.4, -0.2) is 55.2 Å². The van der Waals surface area contributed by atoms with Gasteiger partial charge in [0, 0.05) is 18.6 Å². The lowest BCUT2D eigenvalue weighted by molar-refractivity contribution is 0.159. The van der Waals surface area contributed by atoms with Gasteiger partial charge in [0.25, 0.3) is 0 Å². The number of carbonyl (C=O) groups is 1. The molecule has 156 valence electrons. The van der Waals surface area contributed by atoms with E-state index in [9.17, 15) is 9.90 Å². The minimum Gasteiger partial charge on any atom is -0.497 e. The molecule has 0 unspecified atom stereocenters. The summed E-state index contributed by atoms with van der Waals surface area (Å²) >= 11 is 0. The van der Waals surface area contributed by atoms with Crippen LogP contribution in [0.15, 0.2) is 30.6 Å². The molecule has 0 aliphatic rings. The molecule has 4 rings (SSSR count). The average Bonchev–Trinajstić information content (AvgIpc) is 3.27. The molecule has 0 spiro atoms. The molecule has 0 fully saturated rings. The number of aryl methyl sites for hydroxylation is 1. The zero-order valence-corrected chi connectivity index (χ0v) is 17.1. The van der Waals surface area contributed by atoms with E-state index in [4.69, 9.17) is 9.47 Å².